The van der Waals surface area contributed by atoms with Crippen molar-refractivity contribution in [3.63, 3.8) is 0 Å². The highest BCUT2D eigenvalue weighted by molar-refractivity contribution is 5.30. The smallest absolute Gasteiger partial charge is 0.311 e. The van der Waals surface area contributed by atoms with E-state index in [0.717, 1.165) is 17.8 Å². The number of para-hydroxylation sites is 1. The number of likely N-dealkylation sites (tertiary alicyclic amines) is 1. The van der Waals surface area contributed by atoms with Crippen LogP contribution in [0.4, 0.5) is 13.2 Å². The van der Waals surface area contributed by atoms with Crippen LogP contribution < -0.4 is 5.32 Å². The lowest BCUT2D eigenvalue weighted by Gasteiger charge is -2.17. The fourth-order valence-corrected chi connectivity index (χ4v) is 3.06. The van der Waals surface area contributed by atoms with E-state index in [4.69, 9.17) is 0 Å². The molecule has 0 amide bonds. The number of nitrogens with one attached hydrogen (secondary N) is 1. The Morgan fingerprint density at radius 2 is 1.96 bits per heavy atom. The van der Waals surface area contributed by atoms with Crippen molar-refractivity contribution in [1.29, 1.82) is 0 Å². The Labute approximate surface area is 139 Å². The molecule has 1 aliphatic rings. The summed E-state index contributed by atoms with van der Waals surface area (Å²) in [5.74, 6) is 0.267. The Kier molecular flexibility index (Phi) is 5.20. The van der Waals surface area contributed by atoms with Gasteiger partial charge in [0.15, 0.2) is 0 Å². The summed E-state index contributed by atoms with van der Waals surface area (Å²) in [6, 6.07) is 11.8. The van der Waals surface area contributed by atoms with Gasteiger partial charge in [0, 0.05) is 19.3 Å². The average Bonchev–Trinajstić information content (AvgIpc) is 3.16. The number of hydrogen-bond donors (Lipinski definition) is 1. The third-order valence-corrected chi connectivity index (χ3v) is 4.18. The molecule has 0 spiro atoms. The van der Waals surface area contributed by atoms with Gasteiger partial charge in [0.25, 0.3) is 0 Å². The lowest BCUT2D eigenvalue weighted by Crippen LogP contribution is -2.33. The highest BCUT2D eigenvalue weighted by atomic mass is 19.4. The molecule has 0 radical (unpaired) electrons. The molecule has 1 atom stereocenters. The van der Waals surface area contributed by atoms with E-state index in [1.165, 1.54) is 4.90 Å². The number of halogens is 3. The number of hydrogen-bond acceptors (Lipinski definition) is 3. The van der Waals surface area contributed by atoms with Crippen molar-refractivity contribution in [2.45, 2.75) is 19.1 Å². The summed E-state index contributed by atoms with van der Waals surface area (Å²) in [5, 5.41) is 7.81. The van der Waals surface area contributed by atoms with Gasteiger partial charge in [-0.3, -0.25) is 4.90 Å². The quantitative estimate of drug-likeness (QED) is 0.879. The van der Waals surface area contributed by atoms with Crippen LogP contribution in [-0.4, -0.2) is 47.0 Å². The molecular formula is C17H21F3N4. The van der Waals surface area contributed by atoms with Crippen molar-refractivity contribution < 1.29 is 13.2 Å². The van der Waals surface area contributed by atoms with Gasteiger partial charge in [0.05, 0.1) is 17.9 Å². The zero-order chi connectivity index (χ0) is 17.0. The lowest BCUT2D eigenvalue weighted by molar-refractivity contribution is -0.143. The van der Waals surface area contributed by atoms with Crippen molar-refractivity contribution in [3.8, 4) is 5.69 Å². The number of rotatable bonds is 6. The predicted molar refractivity (Wildman–Crippen MR) is 85.9 cm³/mol. The molecule has 4 nitrogen and oxygen atoms in total. The highest BCUT2D eigenvalue weighted by Gasteiger charge is 2.34. The number of benzene rings is 1. The monoisotopic (exact) mass is 338 g/mol. The van der Waals surface area contributed by atoms with Crippen molar-refractivity contribution in [2.75, 3.05) is 26.2 Å². The topological polar surface area (TPSA) is 33.1 Å². The second kappa shape index (κ2) is 7.36. The van der Waals surface area contributed by atoms with Crippen LogP contribution in [0.25, 0.3) is 5.69 Å². The largest absolute Gasteiger partial charge is 0.401 e. The maximum atomic E-state index is 12.4. The molecule has 1 aliphatic heterocycles. The zero-order valence-electron chi connectivity index (χ0n) is 13.3. The second-order valence-electron chi connectivity index (χ2n) is 6.22. The van der Waals surface area contributed by atoms with Crippen LogP contribution in [0.15, 0.2) is 42.6 Å². The third-order valence-electron chi connectivity index (χ3n) is 4.18. The van der Waals surface area contributed by atoms with E-state index in [9.17, 15) is 13.2 Å². The number of aromatic nitrogens is 2. The van der Waals surface area contributed by atoms with E-state index in [1.54, 1.807) is 0 Å². The van der Waals surface area contributed by atoms with E-state index in [-0.39, 0.29) is 5.92 Å². The minimum Gasteiger partial charge on any atom is -0.311 e. The SMILES string of the molecule is FC(F)(F)CN1CC[C@@H](CNCc2ccn(-c3ccccc3)n2)C1. The summed E-state index contributed by atoms with van der Waals surface area (Å²) in [4.78, 5) is 1.48. The second-order valence-corrected chi connectivity index (χ2v) is 6.22. The maximum absolute atomic E-state index is 12.4. The third kappa shape index (κ3) is 4.82. The summed E-state index contributed by atoms with van der Waals surface area (Å²) in [5.41, 5.74) is 1.92. The van der Waals surface area contributed by atoms with E-state index >= 15 is 0 Å². The van der Waals surface area contributed by atoms with Gasteiger partial charge in [0.2, 0.25) is 0 Å². The van der Waals surface area contributed by atoms with Gasteiger partial charge in [-0.05, 0) is 43.6 Å². The normalized spacial score (nSPS) is 19.0. The fourth-order valence-electron chi connectivity index (χ4n) is 3.06. The Bertz CT molecular complexity index is 639. The Morgan fingerprint density at radius 1 is 1.17 bits per heavy atom. The molecule has 2 heterocycles. The molecule has 1 aromatic heterocycles. The molecular weight excluding hydrogens is 317 g/mol. The molecule has 0 unspecified atom stereocenters. The van der Waals surface area contributed by atoms with Gasteiger partial charge in [-0.25, -0.2) is 4.68 Å². The number of alkyl halides is 3. The molecule has 24 heavy (non-hydrogen) atoms. The Hall–Kier alpha value is -1.86. The van der Waals surface area contributed by atoms with Gasteiger partial charge in [-0.15, -0.1) is 0 Å². The van der Waals surface area contributed by atoms with Crippen LogP contribution in [0, 0.1) is 5.92 Å². The van der Waals surface area contributed by atoms with Crippen LogP contribution in [0.3, 0.4) is 0 Å². The summed E-state index contributed by atoms with van der Waals surface area (Å²) in [7, 11) is 0. The van der Waals surface area contributed by atoms with E-state index < -0.39 is 12.7 Å². The first-order valence-corrected chi connectivity index (χ1v) is 8.09. The molecule has 0 aliphatic carbocycles. The van der Waals surface area contributed by atoms with E-state index in [0.29, 0.717) is 26.2 Å². The first-order valence-electron chi connectivity index (χ1n) is 8.09. The van der Waals surface area contributed by atoms with Crippen molar-refractivity contribution >= 4 is 0 Å². The standard InChI is InChI=1S/C17H21F3N4/c18-17(19,20)13-23-8-6-14(12-23)10-21-11-15-7-9-24(22-15)16-4-2-1-3-5-16/h1-5,7,9,14,21H,6,8,10-13H2/t14-/m0/s1. The van der Waals surface area contributed by atoms with Crippen molar-refractivity contribution in [3.05, 3.63) is 48.3 Å². The maximum Gasteiger partial charge on any atom is 0.401 e. The Balaban J connectivity index is 1.42. The molecule has 1 N–H and O–H groups in total. The van der Waals surface area contributed by atoms with Crippen molar-refractivity contribution in [1.82, 2.24) is 20.0 Å². The van der Waals surface area contributed by atoms with E-state index in [1.807, 2.05) is 47.3 Å². The van der Waals surface area contributed by atoms with E-state index in [2.05, 4.69) is 10.4 Å². The molecule has 7 heteroatoms. The van der Waals surface area contributed by atoms with Crippen LogP contribution >= 0.6 is 0 Å². The molecule has 1 fully saturated rings. The van der Waals surface area contributed by atoms with Gasteiger partial charge >= 0.3 is 6.18 Å². The molecule has 1 saturated heterocycles. The Morgan fingerprint density at radius 3 is 2.71 bits per heavy atom. The minimum atomic E-state index is -4.10. The molecule has 0 saturated carbocycles. The molecule has 130 valence electrons. The van der Waals surface area contributed by atoms with Gasteiger partial charge < -0.3 is 5.32 Å². The molecule has 1 aromatic carbocycles. The number of nitrogens with zero attached hydrogens (tertiary/aromatic N) is 3. The predicted octanol–water partition coefficient (Wildman–Crippen LogP) is 2.85. The molecule has 0 bridgehead atoms. The molecule has 2 aromatic rings. The van der Waals surface area contributed by atoms with Crippen LogP contribution in [-0.2, 0) is 6.54 Å². The van der Waals surface area contributed by atoms with Crippen LogP contribution in [0.1, 0.15) is 12.1 Å². The van der Waals surface area contributed by atoms with Crippen LogP contribution in [0.5, 0.6) is 0 Å². The summed E-state index contributed by atoms with van der Waals surface area (Å²) < 4.78 is 39.0. The fraction of sp³-hybridized carbons (Fsp3) is 0.471. The van der Waals surface area contributed by atoms with Gasteiger partial charge in [0.1, 0.15) is 0 Å². The summed E-state index contributed by atoms with van der Waals surface area (Å²) >= 11 is 0. The average molecular weight is 338 g/mol. The molecule has 3 rings (SSSR count). The zero-order valence-corrected chi connectivity index (χ0v) is 13.3. The van der Waals surface area contributed by atoms with Crippen LogP contribution in [0.2, 0.25) is 0 Å². The van der Waals surface area contributed by atoms with Gasteiger partial charge in [-0.2, -0.15) is 18.3 Å². The first kappa shape index (κ1) is 17.0. The summed E-state index contributed by atoms with van der Waals surface area (Å²) in [6.45, 7) is 1.56. The summed E-state index contributed by atoms with van der Waals surface area (Å²) in [6.07, 6.45) is -1.39. The minimum absolute atomic E-state index is 0.267. The van der Waals surface area contributed by atoms with Crippen molar-refractivity contribution in [2.24, 2.45) is 5.92 Å². The first-order chi connectivity index (χ1) is 11.5. The highest BCUT2D eigenvalue weighted by Crippen LogP contribution is 2.22. The van der Waals surface area contributed by atoms with Gasteiger partial charge in [-0.1, -0.05) is 18.2 Å². The lowest BCUT2D eigenvalue weighted by atomic mass is 10.1.